The first-order chi connectivity index (χ1) is 12.1. The third-order valence-electron chi connectivity index (χ3n) is 3.66. The molecule has 2 aromatic carbocycles. The molecular formula is C18H13FN2O4. The van der Waals surface area contributed by atoms with E-state index >= 15 is 0 Å². The summed E-state index contributed by atoms with van der Waals surface area (Å²) >= 11 is 0. The summed E-state index contributed by atoms with van der Waals surface area (Å²) in [5.74, 6) is -2.55. The number of benzene rings is 2. The summed E-state index contributed by atoms with van der Waals surface area (Å²) in [6.07, 6.45) is -0.125. The third-order valence-corrected chi connectivity index (χ3v) is 3.66. The van der Waals surface area contributed by atoms with E-state index in [-0.39, 0.29) is 18.9 Å². The van der Waals surface area contributed by atoms with E-state index in [9.17, 15) is 19.2 Å². The molecule has 1 aliphatic heterocycles. The van der Waals surface area contributed by atoms with Gasteiger partial charge in [-0.2, -0.15) is 5.26 Å². The molecule has 126 valence electrons. The molecule has 1 unspecified atom stereocenters. The number of halogens is 1. The van der Waals surface area contributed by atoms with Crippen molar-refractivity contribution in [2.24, 2.45) is 5.92 Å². The van der Waals surface area contributed by atoms with Crippen LogP contribution in [0.1, 0.15) is 5.56 Å². The Morgan fingerprint density at radius 2 is 1.96 bits per heavy atom. The van der Waals surface area contributed by atoms with Gasteiger partial charge in [0.1, 0.15) is 5.82 Å². The Morgan fingerprint density at radius 1 is 1.20 bits per heavy atom. The van der Waals surface area contributed by atoms with Gasteiger partial charge in [-0.05, 0) is 29.8 Å². The third kappa shape index (κ3) is 3.58. The molecule has 7 heteroatoms. The van der Waals surface area contributed by atoms with Crippen molar-refractivity contribution in [3.05, 3.63) is 53.8 Å². The maximum absolute atomic E-state index is 13.6. The van der Waals surface area contributed by atoms with E-state index in [1.807, 2.05) is 0 Å². The quantitative estimate of drug-likeness (QED) is 0.845. The highest BCUT2D eigenvalue weighted by Crippen LogP contribution is 2.32. The molecule has 3 rings (SSSR count). The number of ketones is 1. The average molecular weight is 340 g/mol. The Balaban J connectivity index is 1.70. The second-order valence-corrected chi connectivity index (χ2v) is 5.36. The molecule has 1 aliphatic rings. The van der Waals surface area contributed by atoms with E-state index in [0.717, 1.165) is 0 Å². The zero-order valence-corrected chi connectivity index (χ0v) is 13.0. The molecule has 2 aromatic rings. The number of rotatable bonds is 5. The van der Waals surface area contributed by atoms with E-state index in [1.165, 1.54) is 24.3 Å². The number of nitriles is 1. The number of anilines is 1. The summed E-state index contributed by atoms with van der Waals surface area (Å²) in [4.78, 5) is 24.5. The van der Waals surface area contributed by atoms with Crippen LogP contribution in [0.15, 0.2) is 42.5 Å². The highest BCUT2D eigenvalue weighted by atomic mass is 19.1. The fourth-order valence-corrected chi connectivity index (χ4v) is 2.40. The lowest BCUT2D eigenvalue weighted by molar-refractivity contribution is -0.128. The maximum Gasteiger partial charge on any atom is 0.249 e. The van der Waals surface area contributed by atoms with Gasteiger partial charge in [0.15, 0.2) is 23.2 Å². The first kappa shape index (κ1) is 16.5. The van der Waals surface area contributed by atoms with Gasteiger partial charge in [0.05, 0.1) is 11.8 Å². The van der Waals surface area contributed by atoms with Crippen molar-refractivity contribution < 1.29 is 23.5 Å². The fourth-order valence-electron chi connectivity index (χ4n) is 2.40. The summed E-state index contributed by atoms with van der Waals surface area (Å²) in [6, 6.07) is 12.2. The van der Waals surface area contributed by atoms with Crippen LogP contribution in [0.5, 0.6) is 11.5 Å². The van der Waals surface area contributed by atoms with Crippen molar-refractivity contribution in [1.29, 1.82) is 5.26 Å². The molecule has 0 bridgehead atoms. The van der Waals surface area contributed by atoms with E-state index in [2.05, 4.69) is 5.32 Å². The number of hydrogen-bond acceptors (Lipinski definition) is 5. The molecule has 0 saturated heterocycles. The van der Waals surface area contributed by atoms with E-state index in [0.29, 0.717) is 17.1 Å². The van der Waals surface area contributed by atoms with Gasteiger partial charge in [-0.15, -0.1) is 0 Å². The number of nitrogens with zero attached hydrogens (tertiary/aromatic N) is 1. The number of carbonyl (C=O) groups is 2. The SMILES string of the molecule is N#CC(C(=O)Cc1ccc2c(c1)OCO2)C(=O)Nc1ccccc1F. The van der Waals surface area contributed by atoms with Crippen LogP contribution >= 0.6 is 0 Å². The summed E-state index contributed by atoms with van der Waals surface area (Å²) in [5, 5.41) is 11.4. The first-order valence-electron chi connectivity index (χ1n) is 7.44. The van der Waals surface area contributed by atoms with Crippen LogP contribution in [0, 0.1) is 23.1 Å². The van der Waals surface area contributed by atoms with Crippen molar-refractivity contribution in [1.82, 2.24) is 0 Å². The van der Waals surface area contributed by atoms with E-state index in [1.54, 1.807) is 24.3 Å². The van der Waals surface area contributed by atoms with Crippen LogP contribution < -0.4 is 14.8 Å². The number of ether oxygens (including phenoxy) is 2. The predicted octanol–water partition coefficient (Wildman–Crippen LogP) is 2.44. The van der Waals surface area contributed by atoms with Crippen molar-refractivity contribution >= 4 is 17.4 Å². The molecule has 1 amide bonds. The number of amides is 1. The Bertz CT molecular complexity index is 876. The van der Waals surface area contributed by atoms with E-state index < -0.39 is 23.4 Å². The van der Waals surface area contributed by atoms with Gasteiger partial charge in [0.25, 0.3) is 0 Å². The van der Waals surface area contributed by atoms with Gasteiger partial charge in [-0.25, -0.2) is 4.39 Å². The molecule has 0 saturated carbocycles. The average Bonchev–Trinajstić information content (AvgIpc) is 3.05. The number of para-hydroxylation sites is 1. The number of nitrogens with one attached hydrogen (secondary N) is 1. The Morgan fingerprint density at radius 3 is 2.72 bits per heavy atom. The van der Waals surface area contributed by atoms with Crippen molar-refractivity contribution in [3.63, 3.8) is 0 Å². The van der Waals surface area contributed by atoms with Gasteiger partial charge in [0, 0.05) is 6.42 Å². The molecule has 1 atom stereocenters. The van der Waals surface area contributed by atoms with Gasteiger partial charge >= 0.3 is 0 Å². The second kappa shape index (κ2) is 7.01. The normalized spacial score (nSPS) is 13.0. The van der Waals surface area contributed by atoms with Crippen molar-refractivity contribution in [3.8, 4) is 17.6 Å². The van der Waals surface area contributed by atoms with Crippen LogP contribution in [-0.4, -0.2) is 18.5 Å². The second-order valence-electron chi connectivity index (χ2n) is 5.36. The Labute approximate surface area is 142 Å². The molecule has 0 aromatic heterocycles. The van der Waals surface area contributed by atoms with Crippen LogP contribution in [0.3, 0.4) is 0 Å². The van der Waals surface area contributed by atoms with Gasteiger partial charge < -0.3 is 14.8 Å². The lowest BCUT2D eigenvalue weighted by Crippen LogP contribution is -2.30. The fraction of sp³-hybridized carbons (Fsp3) is 0.167. The highest BCUT2D eigenvalue weighted by molar-refractivity contribution is 6.09. The predicted molar refractivity (Wildman–Crippen MR) is 85.4 cm³/mol. The zero-order valence-electron chi connectivity index (χ0n) is 13.0. The monoisotopic (exact) mass is 340 g/mol. The number of carbonyl (C=O) groups excluding carboxylic acids is 2. The minimum atomic E-state index is -1.54. The largest absolute Gasteiger partial charge is 0.454 e. The van der Waals surface area contributed by atoms with Gasteiger partial charge in [0.2, 0.25) is 12.7 Å². The molecular weight excluding hydrogens is 327 g/mol. The summed E-state index contributed by atoms with van der Waals surface area (Å²) in [6.45, 7) is 0.110. The molecule has 0 spiro atoms. The van der Waals surface area contributed by atoms with Crippen molar-refractivity contribution in [2.45, 2.75) is 6.42 Å². The molecule has 0 aliphatic carbocycles. The maximum atomic E-state index is 13.6. The minimum absolute atomic E-state index is 0.0800. The van der Waals surface area contributed by atoms with Crippen LogP contribution in [0.25, 0.3) is 0 Å². The lowest BCUT2D eigenvalue weighted by Gasteiger charge is -2.10. The summed E-state index contributed by atoms with van der Waals surface area (Å²) in [7, 11) is 0. The standard InChI is InChI=1S/C18H13FN2O4/c19-13-3-1-2-4-14(13)21-18(23)12(9-20)15(22)7-11-5-6-16-17(8-11)25-10-24-16/h1-6,8,12H,7,10H2,(H,21,23). The zero-order chi connectivity index (χ0) is 17.8. The summed E-state index contributed by atoms with van der Waals surface area (Å²) < 4.78 is 24.0. The van der Waals surface area contributed by atoms with Gasteiger partial charge in [-0.3, -0.25) is 9.59 Å². The molecule has 0 radical (unpaired) electrons. The van der Waals surface area contributed by atoms with Crippen LogP contribution in [0.2, 0.25) is 0 Å². The van der Waals surface area contributed by atoms with E-state index in [4.69, 9.17) is 9.47 Å². The van der Waals surface area contributed by atoms with Crippen LogP contribution in [-0.2, 0) is 16.0 Å². The van der Waals surface area contributed by atoms with Crippen molar-refractivity contribution in [2.75, 3.05) is 12.1 Å². The van der Waals surface area contributed by atoms with Crippen LogP contribution in [0.4, 0.5) is 10.1 Å². The molecule has 1 heterocycles. The number of fused-ring (bicyclic) bond motifs is 1. The lowest BCUT2D eigenvalue weighted by atomic mass is 9.98. The Hall–Kier alpha value is -3.40. The first-order valence-corrected chi connectivity index (χ1v) is 7.44. The molecule has 25 heavy (non-hydrogen) atoms. The minimum Gasteiger partial charge on any atom is -0.454 e. The highest BCUT2D eigenvalue weighted by Gasteiger charge is 2.27. The number of hydrogen-bond donors (Lipinski definition) is 1. The number of Topliss-reactive ketones (excluding diaryl/α,β-unsaturated/α-hetero) is 1. The topological polar surface area (TPSA) is 88.4 Å². The summed E-state index contributed by atoms with van der Waals surface area (Å²) in [5.41, 5.74) is 0.511. The molecule has 0 fully saturated rings. The van der Waals surface area contributed by atoms with Gasteiger partial charge in [-0.1, -0.05) is 18.2 Å². The Kier molecular flexibility index (Phi) is 4.61. The molecule has 6 nitrogen and oxygen atoms in total. The smallest absolute Gasteiger partial charge is 0.249 e. The molecule has 1 N–H and O–H groups in total.